The van der Waals surface area contributed by atoms with Gasteiger partial charge in [-0.2, -0.15) is 9.40 Å². The summed E-state index contributed by atoms with van der Waals surface area (Å²) in [4.78, 5) is 0. The molecule has 1 saturated heterocycles. The fourth-order valence-electron chi connectivity index (χ4n) is 1.82. The van der Waals surface area contributed by atoms with Gasteiger partial charge in [0.25, 0.3) is 10.0 Å². The van der Waals surface area contributed by atoms with Gasteiger partial charge in [-0.1, -0.05) is 0 Å². The molecule has 1 unspecified atom stereocenters. The first kappa shape index (κ1) is 12.4. The van der Waals surface area contributed by atoms with Gasteiger partial charge >= 0.3 is 0 Å². The molecule has 1 aliphatic rings. The second-order valence-corrected chi connectivity index (χ2v) is 6.02. The number of rotatable bonds is 2. The average molecular weight is 256 g/mol. The maximum atomic E-state index is 12.3. The van der Waals surface area contributed by atoms with Crippen LogP contribution in [-0.4, -0.2) is 48.6 Å². The van der Waals surface area contributed by atoms with E-state index in [1.54, 1.807) is 13.0 Å². The normalized spacial score (nSPS) is 22.6. The maximum Gasteiger partial charge on any atom is 0.262 e. The number of aryl methyl sites for hydroxylation is 1. The lowest BCUT2D eigenvalue weighted by Crippen LogP contribution is -2.52. The number of nitrogens with one attached hydrogen (secondary N) is 1. The smallest absolute Gasteiger partial charge is 0.262 e. The highest BCUT2D eigenvalue weighted by Crippen LogP contribution is 2.16. The second kappa shape index (κ2) is 4.67. The highest BCUT2D eigenvalue weighted by Gasteiger charge is 2.31. The number of aromatic nitrogens is 2. The van der Waals surface area contributed by atoms with Crippen LogP contribution in [0.2, 0.25) is 0 Å². The third kappa shape index (κ3) is 2.46. The van der Waals surface area contributed by atoms with E-state index >= 15 is 0 Å². The quantitative estimate of drug-likeness (QED) is 0.791. The van der Waals surface area contributed by atoms with Crippen LogP contribution < -0.4 is 5.32 Å². The summed E-state index contributed by atoms with van der Waals surface area (Å²) in [5, 5.41) is 10.7. The second-order valence-electron chi connectivity index (χ2n) is 4.18. The van der Waals surface area contributed by atoms with Crippen LogP contribution >= 0.6 is 0 Å². The van der Waals surface area contributed by atoms with Crippen LogP contribution in [0.25, 0.3) is 0 Å². The molecule has 94 valence electrons. The van der Waals surface area contributed by atoms with Crippen LogP contribution in [0.3, 0.4) is 0 Å². The van der Waals surface area contributed by atoms with Crippen LogP contribution in [0.4, 0.5) is 0 Å². The van der Waals surface area contributed by atoms with Crippen molar-refractivity contribution in [3.63, 3.8) is 0 Å². The summed E-state index contributed by atoms with van der Waals surface area (Å²) in [5.74, 6) is 0. The largest absolute Gasteiger partial charge is 0.314 e. The summed E-state index contributed by atoms with van der Waals surface area (Å²) in [6.45, 7) is 5.46. The van der Waals surface area contributed by atoms with Crippen LogP contribution in [0.15, 0.2) is 17.2 Å². The molecule has 1 aliphatic heterocycles. The minimum atomic E-state index is -3.51. The van der Waals surface area contributed by atoms with Crippen LogP contribution in [-0.2, 0) is 10.0 Å². The molecule has 6 nitrogen and oxygen atoms in total. The van der Waals surface area contributed by atoms with Gasteiger partial charge in [-0.3, -0.25) is 0 Å². The summed E-state index contributed by atoms with van der Waals surface area (Å²) < 4.78 is 26.1. The molecule has 0 radical (unpaired) electrons. The first-order valence-corrected chi connectivity index (χ1v) is 6.99. The van der Waals surface area contributed by atoms with Crippen LogP contribution in [0, 0.1) is 6.92 Å². The molecule has 0 saturated carbocycles. The van der Waals surface area contributed by atoms with E-state index in [4.69, 9.17) is 0 Å². The maximum absolute atomic E-state index is 12.3. The number of hydrogen-bond acceptors (Lipinski definition) is 5. The van der Waals surface area contributed by atoms with Gasteiger partial charge in [-0.15, -0.1) is 5.10 Å². The molecule has 0 aromatic carbocycles. The molecule has 0 spiro atoms. The average Bonchev–Trinajstić information content (AvgIpc) is 2.30. The summed E-state index contributed by atoms with van der Waals surface area (Å²) in [5.41, 5.74) is 0.706. The minimum absolute atomic E-state index is 0.0249. The third-order valence-electron chi connectivity index (χ3n) is 2.79. The molecular formula is C10H16N4O2S. The Morgan fingerprint density at radius 3 is 2.76 bits per heavy atom. The SMILES string of the molecule is Cc1ccc(S(=O)(=O)N2CCNCC2C)nn1. The topological polar surface area (TPSA) is 75.2 Å². The molecule has 1 atom stereocenters. The standard InChI is InChI=1S/C10H16N4O2S/c1-8-3-4-10(13-12-8)17(15,16)14-6-5-11-7-9(14)2/h3-4,9,11H,5-7H2,1-2H3. The Morgan fingerprint density at radius 1 is 1.41 bits per heavy atom. The Balaban J connectivity index is 2.32. The zero-order valence-corrected chi connectivity index (χ0v) is 10.7. The summed E-state index contributed by atoms with van der Waals surface area (Å²) in [6, 6.07) is 3.11. The monoisotopic (exact) mass is 256 g/mol. The van der Waals surface area contributed by atoms with Crippen molar-refractivity contribution >= 4 is 10.0 Å². The Bertz CT molecular complexity index is 486. The number of piperazine rings is 1. The van der Waals surface area contributed by atoms with E-state index in [1.165, 1.54) is 10.4 Å². The molecule has 7 heteroatoms. The lowest BCUT2D eigenvalue weighted by molar-refractivity contribution is 0.283. The molecule has 1 aromatic heterocycles. The van der Waals surface area contributed by atoms with Gasteiger partial charge in [-0.25, -0.2) is 8.42 Å². The lowest BCUT2D eigenvalue weighted by Gasteiger charge is -2.32. The molecule has 0 aliphatic carbocycles. The molecule has 17 heavy (non-hydrogen) atoms. The van der Waals surface area contributed by atoms with E-state index in [9.17, 15) is 8.42 Å². The lowest BCUT2D eigenvalue weighted by atomic mass is 10.3. The van der Waals surface area contributed by atoms with Crippen molar-refractivity contribution in [1.82, 2.24) is 19.8 Å². The van der Waals surface area contributed by atoms with E-state index in [2.05, 4.69) is 15.5 Å². The third-order valence-corrected chi connectivity index (χ3v) is 4.69. The zero-order valence-electron chi connectivity index (χ0n) is 9.92. The van der Waals surface area contributed by atoms with Crippen molar-refractivity contribution in [2.45, 2.75) is 24.9 Å². The number of hydrogen-bond donors (Lipinski definition) is 1. The summed E-state index contributed by atoms with van der Waals surface area (Å²) in [6.07, 6.45) is 0. The highest BCUT2D eigenvalue weighted by atomic mass is 32.2. The first-order chi connectivity index (χ1) is 8.01. The Hall–Kier alpha value is -1.05. The van der Waals surface area contributed by atoms with E-state index in [-0.39, 0.29) is 11.1 Å². The first-order valence-electron chi connectivity index (χ1n) is 5.55. The van der Waals surface area contributed by atoms with Gasteiger partial charge in [-0.05, 0) is 26.0 Å². The fraction of sp³-hybridized carbons (Fsp3) is 0.600. The van der Waals surface area contributed by atoms with Crippen molar-refractivity contribution in [1.29, 1.82) is 0 Å². The molecule has 1 aromatic rings. The Labute approximate surface area is 101 Å². The molecule has 2 rings (SSSR count). The van der Waals surface area contributed by atoms with Gasteiger partial charge in [0.1, 0.15) is 0 Å². The van der Waals surface area contributed by atoms with Crippen molar-refractivity contribution in [2.24, 2.45) is 0 Å². The molecule has 1 N–H and O–H groups in total. The van der Waals surface area contributed by atoms with E-state index < -0.39 is 10.0 Å². The van der Waals surface area contributed by atoms with E-state index in [0.29, 0.717) is 25.3 Å². The molecule has 0 amide bonds. The minimum Gasteiger partial charge on any atom is -0.314 e. The van der Waals surface area contributed by atoms with Gasteiger partial charge < -0.3 is 5.32 Å². The predicted octanol–water partition coefficient (Wildman–Crippen LogP) is -0.233. The van der Waals surface area contributed by atoms with Gasteiger partial charge in [0.2, 0.25) is 0 Å². The van der Waals surface area contributed by atoms with Crippen molar-refractivity contribution in [2.75, 3.05) is 19.6 Å². The van der Waals surface area contributed by atoms with Gasteiger partial charge in [0.05, 0.1) is 5.69 Å². The van der Waals surface area contributed by atoms with E-state index in [1.807, 2.05) is 6.92 Å². The van der Waals surface area contributed by atoms with Crippen LogP contribution in [0.1, 0.15) is 12.6 Å². The Kier molecular flexibility index (Phi) is 3.41. The highest BCUT2D eigenvalue weighted by molar-refractivity contribution is 7.89. The fourth-order valence-corrected chi connectivity index (χ4v) is 3.33. The van der Waals surface area contributed by atoms with Gasteiger partial charge in [0, 0.05) is 25.7 Å². The molecular weight excluding hydrogens is 240 g/mol. The summed E-state index contributed by atoms with van der Waals surface area (Å²) >= 11 is 0. The number of sulfonamides is 1. The van der Waals surface area contributed by atoms with Crippen molar-refractivity contribution in [3.8, 4) is 0 Å². The molecule has 0 bridgehead atoms. The number of nitrogens with zero attached hydrogens (tertiary/aromatic N) is 3. The van der Waals surface area contributed by atoms with E-state index in [0.717, 1.165) is 0 Å². The Morgan fingerprint density at radius 2 is 2.18 bits per heavy atom. The zero-order chi connectivity index (χ0) is 12.5. The summed E-state index contributed by atoms with van der Waals surface area (Å²) in [7, 11) is -3.51. The predicted molar refractivity (Wildman–Crippen MR) is 63.0 cm³/mol. The van der Waals surface area contributed by atoms with Gasteiger partial charge in [0.15, 0.2) is 5.03 Å². The van der Waals surface area contributed by atoms with Crippen LogP contribution in [0.5, 0.6) is 0 Å². The molecule has 2 heterocycles. The van der Waals surface area contributed by atoms with Crippen molar-refractivity contribution < 1.29 is 8.42 Å². The molecule has 1 fully saturated rings. The van der Waals surface area contributed by atoms with Crippen molar-refractivity contribution in [3.05, 3.63) is 17.8 Å².